The molecule has 124 valence electrons. The minimum Gasteiger partial charge on any atom is -0.351 e. The quantitative estimate of drug-likeness (QED) is 0.841. The molecule has 4 nitrogen and oxygen atoms in total. The number of carbonyl (C=O) groups excluding carboxylic acids is 2. The van der Waals surface area contributed by atoms with Crippen molar-refractivity contribution in [3.8, 4) is 0 Å². The van der Waals surface area contributed by atoms with Crippen LogP contribution in [0.5, 0.6) is 0 Å². The van der Waals surface area contributed by atoms with Gasteiger partial charge >= 0.3 is 0 Å². The molecule has 0 bridgehead atoms. The molecule has 0 atom stereocenters. The first-order valence-electron chi connectivity index (χ1n) is 8.09. The van der Waals surface area contributed by atoms with Crippen LogP contribution in [0.3, 0.4) is 0 Å². The predicted molar refractivity (Wildman–Crippen MR) is 99.1 cm³/mol. The van der Waals surface area contributed by atoms with E-state index < -0.39 is 0 Å². The largest absolute Gasteiger partial charge is 0.351 e. The maximum absolute atomic E-state index is 12.8. The number of rotatable bonds is 4. The van der Waals surface area contributed by atoms with Gasteiger partial charge in [-0.15, -0.1) is 0 Å². The molecule has 0 unspecified atom stereocenters. The highest BCUT2D eigenvalue weighted by atomic mass is 32.1. The van der Waals surface area contributed by atoms with Crippen molar-refractivity contribution in [3.05, 3.63) is 65.2 Å². The molecule has 0 spiro atoms. The molecule has 0 radical (unpaired) electrons. The average molecular weight is 340 g/mol. The summed E-state index contributed by atoms with van der Waals surface area (Å²) in [5.74, 6) is 0.512. The van der Waals surface area contributed by atoms with E-state index in [4.69, 9.17) is 0 Å². The topological polar surface area (TPSA) is 49.4 Å². The smallest absolute Gasteiger partial charge is 0.258 e. The highest BCUT2D eigenvalue weighted by molar-refractivity contribution is 7.80. The van der Waals surface area contributed by atoms with E-state index in [1.54, 1.807) is 6.07 Å². The number of nitrogens with zero attached hydrogens (tertiary/aromatic N) is 1. The van der Waals surface area contributed by atoms with Crippen LogP contribution < -0.4 is 10.2 Å². The van der Waals surface area contributed by atoms with Crippen LogP contribution in [0, 0.1) is 0 Å². The van der Waals surface area contributed by atoms with Crippen molar-refractivity contribution in [1.29, 1.82) is 0 Å². The summed E-state index contributed by atoms with van der Waals surface area (Å²) in [6.07, 6.45) is 1.77. The highest BCUT2D eigenvalue weighted by Crippen LogP contribution is 2.29. The molecular weight excluding hydrogens is 320 g/mol. The van der Waals surface area contributed by atoms with Crippen molar-refractivity contribution in [3.63, 3.8) is 0 Å². The Labute approximate surface area is 147 Å². The number of nitrogens with one attached hydrogen (secondary N) is 1. The molecule has 3 rings (SSSR count). The van der Waals surface area contributed by atoms with Gasteiger partial charge in [0, 0.05) is 35.7 Å². The molecule has 24 heavy (non-hydrogen) atoms. The van der Waals surface area contributed by atoms with Crippen molar-refractivity contribution in [2.45, 2.75) is 12.8 Å². The van der Waals surface area contributed by atoms with Gasteiger partial charge < -0.3 is 10.2 Å². The Balaban J connectivity index is 1.86. The normalized spacial score (nSPS) is 13.3. The van der Waals surface area contributed by atoms with Gasteiger partial charge in [0.05, 0.1) is 0 Å². The molecule has 0 aromatic heterocycles. The molecule has 5 heteroatoms. The van der Waals surface area contributed by atoms with E-state index in [0.717, 1.165) is 24.1 Å². The van der Waals surface area contributed by atoms with Crippen molar-refractivity contribution in [1.82, 2.24) is 5.32 Å². The predicted octanol–water partition coefficient (Wildman–Crippen LogP) is 2.94. The Bertz CT molecular complexity index is 746. The zero-order valence-corrected chi connectivity index (χ0v) is 14.3. The van der Waals surface area contributed by atoms with Gasteiger partial charge in [0.15, 0.2) is 0 Å². The molecule has 1 N–H and O–H groups in total. The Hall–Kier alpha value is -2.27. The van der Waals surface area contributed by atoms with E-state index in [1.807, 2.05) is 47.4 Å². The summed E-state index contributed by atoms with van der Waals surface area (Å²) in [6, 6.07) is 14.9. The van der Waals surface area contributed by atoms with Gasteiger partial charge in [0.25, 0.3) is 11.8 Å². The van der Waals surface area contributed by atoms with E-state index >= 15 is 0 Å². The lowest BCUT2D eigenvalue weighted by atomic mass is 9.98. The standard InChI is InChI=1S/C19H20N2O2S/c22-18(20-10-12-24)16-8-9-17-15(13-16)7-4-11-21(17)19(23)14-5-2-1-3-6-14/h1-3,5-6,8-9,13,24H,4,7,10-12H2,(H,20,22). The van der Waals surface area contributed by atoms with E-state index in [2.05, 4.69) is 17.9 Å². The highest BCUT2D eigenvalue weighted by Gasteiger charge is 2.24. The number of fused-ring (bicyclic) bond motifs is 1. The fraction of sp³-hybridized carbons (Fsp3) is 0.263. The minimum absolute atomic E-state index is 0.00354. The lowest BCUT2D eigenvalue weighted by Crippen LogP contribution is -2.35. The molecule has 2 amide bonds. The molecule has 2 aromatic rings. The van der Waals surface area contributed by atoms with Gasteiger partial charge in [0.2, 0.25) is 0 Å². The number of hydrogen-bond donors (Lipinski definition) is 2. The Morgan fingerprint density at radius 2 is 1.88 bits per heavy atom. The zero-order chi connectivity index (χ0) is 16.9. The van der Waals surface area contributed by atoms with Crippen molar-refractivity contribution >= 4 is 30.1 Å². The second-order valence-electron chi connectivity index (χ2n) is 5.75. The van der Waals surface area contributed by atoms with Gasteiger partial charge in [0.1, 0.15) is 0 Å². The summed E-state index contributed by atoms with van der Waals surface area (Å²) in [4.78, 5) is 26.7. The maximum atomic E-state index is 12.8. The van der Waals surface area contributed by atoms with E-state index in [0.29, 0.717) is 30.0 Å². The first kappa shape index (κ1) is 16.6. The summed E-state index contributed by atoms with van der Waals surface area (Å²) in [5.41, 5.74) is 3.26. The average Bonchev–Trinajstić information content (AvgIpc) is 2.65. The molecule has 1 aliphatic heterocycles. The second kappa shape index (κ2) is 7.53. The third-order valence-corrected chi connectivity index (χ3v) is 4.35. The summed E-state index contributed by atoms with van der Waals surface area (Å²) in [5, 5.41) is 2.82. The second-order valence-corrected chi connectivity index (χ2v) is 6.20. The Kier molecular flexibility index (Phi) is 5.20. The van der Waals surface area contributed by atoms with E-state index in [-0.39, 0.29) is 11.8 Å². The van der Waals surface area contributed by atoms with Crippen LogP contribution >= 0.6 is 12.6 Å². The van der Waals surface area contributed by atoms with Gasteiger partial charge in [-0.2, -0.15) is 12.6 Å². The van der Waals surface area contributed by atoms with Crippen LogP contribution in [0.25, 0.3) is 0 Å². The van der Waals surface area contributed by atoms with E-state index in [1.165, 1.54) is 0 Å². The van der Waals surface area contributed by atoms with Gasteiger partial charge in [-0.25, -0.2) is 0 Å². The number of amides is 2. The fourth-order valence-electron chi connectivity index (χ4n) is 2.96. The monoisotopic (exact) mass is 340 g/mol. The van der Waals surface area contributed by atoms with Crippen LogP contribution in [0.1, 0.15) is 32.7 Å². The molecule has 0 saturated heterocycles. The van der Waals surface area contributed by atoms with Gasteiger partial charge in [-0.1, -0.05) is 18.2 Å². The summed E-state index contributed by atoms with van der Waals surface area (Å²) < 4.78 is 0. The number of hydrogen-bond acceptors (Lipinski definition) is 3. The number of carbonyl (C=O) groups is 2. The Morgan fingerprint density at radius 1 is 1.08 bits per heavy atom. The zero-order valence-electron chi connectivity index (χ0n) is 13.4. The third-order valence-electron chi connectivity index (χ3n) is 4.12. The molecule has 1 aliphatic rings. The molecule has 1 heterocycles. The van der Waals surface area contributed by atoms with Crippen LogP contribution in [0.4, 0.5) is 5.69 Å². The SMILES string of the molecule is O=C(NCCS)c1ccc2c(c1)CCCN2C(=O)c1ccccc1. The number of benzene rings is 2. The minimum atomic E-state index is -0.0987. The molecular formula is C19H20N2O2S. The van der Waals surface area contributed by atoms with Crippen molar-refractivity contribution in [2.24, 2.45) is 0 Å². The molecule has 0 fully saturated rings. The molecule has 0 aliphatic carbocycles. The third kappa shape index (κ3) is 3.46. The van der Waals surface area contributed by atoms with Crippen LogP contribution in [-0.2, 0) is 6.42 Å². The van der Waals surface area contributed by atoms with Crippen LogP contribution in [0.15, 0.2) is 48.5 Å². The summed E-state index contributed by atoms with van der Waals surface area (Å²) in [6.45, 7) is 1.24. The molecule has 2 aromatic carbocycles. The first-order valence-corrected chi connectivity index (χ1v) is 8.73. The fourth-order valence-corrected chi connectivity index (χ4v) is 3.07. The molecule has 0 saturated carbocycles. The van der Waals surface area contributed by atoms with E-state index in [9.17, 15) is 9.59 Å². The van der Waals surface area contributed by atoms with Gasteiger partial charge in [-0.3, -0.25) is 9.59 Å². The number of anilines is 1. The lowest BCUT2D eigenvalue weighted by Gasteiger charge is -2.30. The van der Waals surface area contributed by atoms with Crippen molar-refractivity contribution in [2.75, 3.05) is 23.7 Å². The number of thiol groups is 1. The Morgan fingerprint density at radius 3 is 2.62 bits per heavy atom. The number of aryl methyl sites for hydroxylation is 1. The van der Waals surface area contributed by atoms with Crippen LogP contribution in [0.2, 0.25) is 0 Å². The van der Waals surface area contributed by atoms with Crippen LogP contribution in [-0.4, -0.2) is 30.7 Å². The first-order chi connectivity index (χ1) is 11.7. The van der Waals surface area contributed by atoms with Crippen molar-refractivity contribution < 1.29 is 9.59 Å². The lowest BCUT2D eigenvalue weighted by molar-refractivity contribution is 0.0955. The summed E-state index contributed by atoms with van der Waals surface area (Å²) >= 11 is 4.10. The van der Waals surface area contributed by atoms with Gasteiger partial charge in [-0.05, 0) is 48.7 Å². The summed E-state index contributed by atoms with van der Waals surface area (Å²) in [7, 11) is 0. The maximum Gasteiger partial charge on any atom is 0.258 e.